The number of benzene rings is 2. The molecular formula is C23H24N2O4S. The zero-order chi connectivity index (χ0) is 21.3. The number of fused-ring (bicyclic) bond motifs is 4. The fourth-order valence-corrected chi connectivity index (χ4v) is 4.61. The summed E-state index contributed by atoms with van der Waals surface area (Å²) in [5.41, 5.74) is 0.510. The Hall–Kier alpha value is -3.06. The van der Waals surface area contributed by atoms with Crippen LogP contribution in [0.4, 0.5) is 5.69 Å². The molecule has 30 heavy (non-hydrogen) atoms. The Morgan fingerprint density at radius 2 is 2.07 bits per heavy atom. The average molecular weight is 425 g/mol. The molecule has 0 spiro atoms. The molecule has 0 aromatic heterocycles. The van der Waals surface area contributed by atoms with Gasteiger partial charge in [0.05, 0.1) is 12.6 Å². The van der Waals surface area contributed by atoms with Gasteiger partial charge in [-0.3, -0.25) is 9.69 Å². The van der Waals surface area contributed by atoms with Crippen molar-refractivity contribution >= 4 is 29.0 Å². The van der Waals surface area contributed by atoms with Gasteiger partial charge in [-0.2, -0.15) is 0 Å². The average Bonchev–Trinajstić information content (AvgIpc) is 2.73. The monoisotopic (exact) mass is 424 g/mol. The number of para-hydroxylation sites is 2. The molecule has 0 aliphatic carbocycles. The first-order chi connectivity index (χ1) is 14.5. The zero-order valence-corrected chi connectivity index (χ0v) is 17.8. The van der Waals surface area contributed by atoms with Crippen LogP contribution in [0.5, 0.6) is 11.5 Å². The van der Waals surface area contributed by atoms with Crippen LogP contribution >= 0.6 is 12.2 Å². The minimum Gasteiger partial charge on any atom is -0.490 e. The lowest BCUT2D eigenvalue weighted by Crippen LogP contribution is -2.71. The van der Waals surface area contributed by atoms with Crippen molar-refractivity contribution in [2.45, 2.75) is 25.6 Å². The normalized spacial score (nSPS) is 24.2. The number of nitrogens with one attached hydrogen (secondary N) is 1. The first-order valence-electron chi connectivity index (χ1n) is 9.89. The summed E-state index contributed by atoms with van der Waals surface area (Å²) in [6.07, 6.45) is 1.55. The number of esters is 1. The Kier molecular flexibility index (Phi) is 5.39. The van der Waals surface area contributed by atoms with Gasteiger partial charge in [0.1, 0.15) is 12.5 Å². The molecule has 7 heteroatoms. The van der Waals surface area contributed by atoms with E-state index in [1.807, 2.05) is 67.3 Å². The lowest BCUT2D eigenvalue weighted by molar-refractivity contribution is -0.159. The second-order valence-electron chi connectivity index (χ2n) is 7.26. The van der Waals surface area contributed by atoms with E-state index in [1.165, 1.54) is 0 Å². The molecule has 1 fully saturated rings. The standard InChI is InChI=1S/C23H24N2O4S/c1-4-14-28-21(26)18-19-16-12-9-13-17(27-5-2)20(16)29-23(18,3)25(22(30)24-19)15-10-7-6-8-11-15/h4,6-13,18-19H,1,5,14H2,2-3H3,(H,24,30)/t18-,19-,23-/m0/s1. The summed E-state index contributed by atoms with van der Waals surface area (Å²) in [6.45, 7) is 8.05. The van der Waals surface area contributed by atoms with E-state index >= 15 is 0 Å². The minimum absolute atomic E-state index is 0.125. The van der Waals surface area contributed by atoms with E-state index in [0.29, 0.717) is 23.2 Å². The van der Waals surface area contributed by atoms with Gasteiger partial charge in [-0.05, 0) is 44.3 Å². The number of anilines is 1. The van der Waals surface area contributed by atoms with Crippen molar-refractivity contribution in [2.24, 2.45) is 5.92 Å². The predicted octanol–water partition coefficient (Wildman–Crippen LogP) is 3.98. The van der Waals surface area contributed by atoms with Gasteiger partial charge in [-0.1, -0.05) is 43.0 Å². The highest BCUT2D eigenvalue weighted by Crippen LogP contribution is 2.52. The van der Waals surface area contributed by atoms with Crippen LogP contribution < -0.4 is 19.7 Å². The smallest absolute Gasteiger partial charge is 0.317 e. The molecule has 0 saturated carbocycles. The second kappa shape index (κ2) is 7.99. The molecule has 0 radical (unpaired) electrons. The molecule has 0 amide bonds. The van der Waals surface area contributed by atoms with E-state index in [4.69, 9.17) is 26.4 Å². The molecule has 3 atom stereocenters. The summed E-state index contributed by atoms with van der Waals surface area (Å²) in [6, 6.07) is 14.9. The van der Waals surface area contributed by atoms with Crippen molar-refractivity contribution in [1.82, 2.24) is 5.32 Å². The molecule has 156 valence electrons. The first-order valence-corrected chi connectivity index (χ1v) is 10.3. The Bertz CT molecular complexity index is 980. The second-order valence-corrected chi connectivity index (χ2v) is 7.65. The number of rotatable bonds is 6. The summed E-state index contributed by atoms with van der Waals surface area (Å²) in [5, 5.41) is 3.83. The quantitative estimate of drug-likeness (QED) is 0.428. The van der Waals surface area contributed by atoms with E-state index in [0.717, 1.165) is 11.3 Å². The molecule has 6 nitrogen and oxygen atoms in total. The largest absolute Gasteiger partial charge is 0.490 e. The highest BCUT2D eigenvalue weighted by molar-refractivity contribution is 7.80. The van der Waals surface area contributed by atoms with Crippen molar-refractivity contribution in [1.29, 1.82) is 0 Å². The number of nitrogens with zero attached hydrogens (tertiary/aromatic N) is 1. The van der Waals surface area contributed by atoms with Crippen LogP contribution in [0.3, 0.4) is 0 Å². The summed E-state index contributed by atoms with van der Waals surface area (Å²) in [5.74, 6) is 0.182. The Balaban J connectivity index is 1.88. The molecule has 1 N–H and O–H groups in total. The molecule has 0 unspecified atom stereocenters. The van der Waals surface area contributed by atoms with Crippen molar-refractivity contribution < 1.29 is 19.0 Å². The molecular weight excluding hydrogens is 400 g/mol. The summed E-state index contributed by atoms with van der Waals surface area (Å²) in [7, 11) is 0. The van der Waals surface area contributed by atoms with Gasteiger partial charge in [0, 0.05) is 11.3 Å². The van der Waals surface area contributed by atoms with Crippen LogP contribution in [0.1, 0.15) is 25.5 Å². The van der Waals surface area contributed by atoms with Gasteiger partial charge in [-0.25, -0.2) is 0 Å². The first kappa shape index (κ1) is 20.2. The molecule has 2 aromatic carbocycles. The van der Waals surface area contributed by atoms with Crippen molar-refractivity contribution in [3.05, 3.63) is 66.7 Å². The van der Waals surface area contributed by atoms with E-state index in [9.17, 15) is 4.79 Å². The third kappa shape index (κ3) is 3.19. The minimum atomic E-state index is -1.12. The van der Waals surface area contributed by atoms with E-state index < -0.39 is 17.7 Å². The fourth-order valence-electron chi connectivity index (χ4n) is 4.20. The van der Waals surface area contributed by atoms with Crippen LogP contribution in [-0.2, 0) is 9.53 Å². The van der Waals surface area contributed by atoms with Crippen LogP contribution in [0.15, 0.2) is 61.2 Å². The molecule has 2 aromatic rings. The molecule has 2 aliphatic rings. The number of thiocarbonyl (C=S) groups is 1. The highest BCUT2D eigenvalue weighted by Gasteiger charge is 2.60. The maximum absolute atomic E-state index is 13.2. The molecule has 2 heterocycles. The van der Waals surface area contributed by atoms with Gasteiger partial charge >= 0.3 is 5.97 Å². The maximum atomic E-state index is 13.2. The van der Waals surface area contributed by atoms with Gasteiger partial charge in [0.2, 0.25) is 5.72 Å². The van der Waals surface area contributed by atoms with Crippen LogP contribution in [-0.4, -0.2) is 30.0 Å². The van der Waals surface area contributed by atoms with Crippen LogP contribution in [0.25, 0.3) is 0 Å². The van der Waals surface area contributed by atoms with Gasteiger partial charge in [0.25, 0.3) is 0 Å². The van der Waals surface area contributed by atoms with E-state index in [1.54, 1.807) is 6.08 Å². The summed E-state index contributed by atoms with van der Waals surface area (Å²) in [4.78, 5) is 15.0. The third-order valence-electron chi connectivity index (χ3n) is 5.40. The van der Waals surface area contributed by atoms with Gasteiger partial charge in [-0.15, -0.1) is 0 Å². The third-order valence-corrected chi connectivity index (χ3v) is 5.70. The number of hydrogen-bond donors (Lipinski definition) is 1. The molecule has 2 aliphatic heterocycles. The molecule has 4 rings (SSSR count). The fraction of sp³-hybridized carbons (Fsp3) is 0.304. The van der Waals surface area contributed by atoms with E-state index in [-0.39, 0.29) is 12.6 Å². The van der Waals surface area contributed by atoms with Gasteiger partial charge in [0.15, 0.2) is 16.6 Å². The zero-order valence-electron chi connectivity index (χ0n) is 17.0. The Morgan fingerprint density at radius 3 is 2.77 bits per heavy atom. The summed E-state index contributed by atoms with van der Waals surface area (Å²) < 4.78 is 17.8. The van der Waals surface area contributed by atoms with Crippen molar-refractivity contribution in [3.63, 3.8) is 0 Å². The highest BCUT2D eigenvalue weighted by atomic mass is 32.1. The lowest BCUT2D eigenvalue weighted by atomic mass is 9.79. The Morgan fingerprint density at radius 1 is 1.30 bits per heavy atom. The van der Waals surface area contributed by atoms with Gasteiger partial charge < -0.3 is 19.5 Å². The topological polar surface area (TPSA) is 60.0 Å². The van der Waals surface area contributed by atoms with E-state index in [2.05, 4.69) is 11.9 Å². The number of carbonyl (C=O) groups is 1. The SMILES string of the molecule is C=CCOC(=O)[C@@H]1[C@H]2NC(=S)N(c3ccccc3)[C@@]1(C)Oc1c(OCC)cccc12. The molecule has 2 bridgehead atoms. The van der Waals surface area contributed by atoms with Crippen LogP contribution in [0.2, 0.25) is 0 Å². The van der Waals surface area contributed by atoms with Crippen LogP contribution in [0, 0.1) is 5.92 Å². The lowest BCUT2D eigenvalue weighted by Gasteiger charge is -2.55. The van der Waals surface area contributed by atoms with Crippen molar-refractivity contribution in [3.8, 4) is 11.5 Å². The predicted molar refractivity (Wildman–Crippen MR) is 119 cm³/mol. The maximum Gasteiger partial charge on any atom is 0.317 e. The Labute approximate surface area is 181 Å². The summed E-state index contributed by atoms with van der Waals surface area (Å²) >= 11 is 5.71. The number of hydrogen-bond acceptors (Lipinski definition) is 5. The molecule has 1 saturated heterocycles. The number of ether oxygens (including phenoxy) is 3. The number of carbonyl (C=O) groups excluding carboxylic acids is 1. The van der Waals surface area contributed by atoms with Crippen molar-refractivity contribution in [2.75, 3.05) is 18.1 Å².